The van der Waals surface area contributed by atoms with Gasteiger partial charge in [0.05, 0.1) is 12.0 Å². The van der Waals surface area contributed by atoms with Gasteiger partial charge in [0.15, 0.2) is 0 Å². The van der Waals surface area contributed by atoms with Crippen molar-refractivity contribution in [2.75, 3.05) is 26.2 Å². The smallest absolute Gasteiger partial charge is 0.227 e. The Balaban J connectivity index is 1.36. The van der Waals surface area contributed by atoms with Crippen molar-refractivity contribution in [3.8, 4) is 0 Å². The third-order valence-electron chi connectivity index (χ3n) is 8.86. The highest BCUT2D eigenvalue weighted by molar-refractivity contribution is 5.81. The summed E-state index contributed by atoms with van der Waals surface area (Å²) in [4.78, 5) is 30.0. The summed E-state index contributed by atoms with van der Waals surface area (Å²) in [7, 11) is 0. The summed E-state index contributed by atoms with van der Waals surface area (Å²) >= 11 is 0. The quantitative estimate of drug-likeness (QED) is 0.639. The number of hydrogen-bond donors (Lipinski definition) is 1. The maximum absolute atomic E-state index is 14.9. The number of halogens is 2. The Hall–Kier alpha value is -2.80. The summed E-state index contributed by atoms with van der Waals surface area (Å²) in [5.74, 6) is -1.86. The van der Waals surface area contributed by atoms with E-state index in [0.717, 1.165) is 25.3 Å². The van der Waals surface area contributed by atoms with E-state index in [4.69, 9.17) is 0 Å². The van der Waals surface area contributed by atoms with E-state index < -0.39 is 11.6 Å². The first-order valence-corrected chi connectivity index (χ1v) is 13.3. The predicted octanol–water partition coefficient (Wildman–Crippen LogP) is 4.92. The van der Waals surface area contributed by atoms with Gasteiger partial charge in [0.1, 0.15) is 11.6 Å². The number of rotatable bonds is 3. The van der Waals surface area contributed by atoms with Gasteiger partial charge in [0.25, 0.3) is 0 Å². The largest absolute Gasteiger partial charge is 0.349 e. The first kappa shape index (κ1) is 25.8. The van der Waals surface area contributed by atoms with Crippen LogP contribution in [0.4, 0.5) is 8.78 Å². The molecule has 198 valence electrons. The Morgan fingerprint density at radius 3 is 2.35 bits per heavy atom. The van der Waals surface area contributed by atoms with Crippen LogP contribution >= 0.6 is 0 Å². The lowest BCUT2D eigenvalue weighted by molar-refractivity contribution is -0.137. The minimum atomic E-state index is -0.606. The van der Waals surface area contributed by atoms with Crippen LogP contribution in [0.1, 0.15) is 75.6 Å². The number of piperidine rings is 1. The molecule has 0 saturated carbocycles. The lowest BCUT2D eigenvalue weighted by atomic mass is 9.73. The SMILES string of the molecule is CC(=O)NC1CC2(CCN(C(=O)C3CN(C(C)(C)C)CC3c3ccc(F)cc3F)CC2)c2ccccc21. The zero-order valence-electron chi connectivity index (χ0n) is 22.2. The summed E-state index contributed by atoms with van der Waals surface area (Å²) in [6.45, 7) is 10.2. The van der Waals surface area contributed by atoms with Crippen LogP contribution < -0.4 is 5.32 Å². The predicted molar refractivity (Wildman–Crippen MR) is 139 cm³/mol. The van der Waals surface area contributed by atoms with E-state index in [0.29, 0.717) is 31.7 Å². The maximum Gasteiger partial charge on any atom is 0.227 e. The third kappa shape index (κ3) is 4.78. The minimum absolute atomic E-state index is 0.00282. The monoisotopic (exact) mass is 509 g/mol. The molecule has 0 radical (unpaired) electrons. The molecule has 5 nitrogen and oxygen atoms in total. The molecule has 1 N–H and O–H groups in total. The van der Waals surface area contributed by atoms with E-state index in [1.807, 2.05) is 11.0 Å². The fraction of sp³-hybridized carbons (Fsp3) is 0.533. The van der Waals surface area contributed by atoms with Gasteiger partial charge in [0.2, 0.25) is 11.8 Å². The number of fused-ring (bicyclic) bond motifs is 2. The van der Waals surface area contributed by atoms with Crippen molar-refractivity contribution < 1.29 is 18.4 Å². The van der Waals surface area contributed by atoms with Gasteiger partial charge in [-0.1, -0.05) is 30.3 Å². The average molecular weight is 510 g/mol. The van der Waals surface area contributed by atoms with E-state index >= 15 is 0 Å². The molecule has 2 aromatic rings. The third-order valence-corrected chi connectivity index (χ3v) is 8.86. The van der Waals surface area contributed by atoms with Crippen LogP contribution in [0, 0.1) is 17.6 Å². The molecule has 2 saturated heterocycles. The highest BCUT2D eigenvalue weighted by atomic mass is 19.1. The summed E-state index contributed by atoms with van der Waals surface area (Å²) < 4.78 is 28.5. The standard InChI is InChI=1S/C30H37F2N3O2/c1-19(36)33-27-16-30(25-8-6-5-7-22(25)27)11-13-34(14-12-30)28(37)24-18-35(29(2,3)4)17-23(24)21-10-9-20(31)15-26(21)32/h5-10,15,23-24,27H,11-14,16-18H2,1-4H3,(H,33,36). The molecule has 7 heteroatoms. The highest BCUT2D eigenvalue weighted by Gasteiger charge is 2.49. The van der Waals surface area contributed by atoms with Crippen LogP contribution in [0.3, 0.4) is 0 Å². The number of benzene rings is 2. The van der Waals surface area contributed by atoms with Crippen molar-refractivity contribution in [1.82, 2.24) is 15.1 Å². The normalized spacial score (nSPS) is 25.4. The lowest BCUT2D eigenvalue weighted by Gasteiger charge is -2.41. The van der Waals surface area contributed by atoms with E-state index in [1.165, 1.54) is 23.3 Å². The topological polar surface area (TPSA) is 52.7 Å². The van der Waals surface area contributed by atoms with Gasteiger partial charge < -0.3 is 10.2 Å². The van der Waals surface area contributed by atoms with Gasteiger partial charge in [0, 0.05) is 56.0 Å². The van der Waals surface area contributed by atoms with Gasteiger partial charge in [-0.2, -0.15) is 0 Å². The van der Waals surface area contributed by atoms with Crippen molar-refractivity contribution in [1.29, 1.82) is 0 Å². The molecule has 1 aliphatic carbocycles. The Morgan fingerprint density at radius 1 is 1.00 bits per heavy atom. The van der Waals surface area contributed by atoms with Gasteiger partial charge >= 0.3 is 0 Å². The number of amides is 2. The molecule has 3 aliphatic rings. The van der Waals surface area contributed by atoms with Gasteiger partial charge in [-0.3, -0.25) is 14.5 Å². The zero-order valence-corrected chi connectivity index (χ0v) is 22.2. The summed E-state index contributed by atoms with van der Waals surface area (Å²) in [5, 5.41) is 3.11. The second-order valence-electron chi connectivity index (χ2n) is 12.1. The second-order valence-corrected chi connectivity index (χ2v) is 12.1. The van der Waals surface area contributed by atoms with Gasteiger partial charge in [-0.15, -0.1) is 0 Å². The molecule has 3 atom stereocenters. The first-order valence-electron chi connectivity index (χ1n) is 13.3. The number of nitrogens with one attached hydrogen (secondary N) is 1. The van der Waals surface area contributed by atoms with Crippen molar-refractivity contribution in [2.45, 2.75) is 69.9 Å². The number of carbonyl (C=O) groups excluding carboxylic acids is 2. The molecule has 2 heterocycles. The molecule has 2 fully saturated rings. The van der Waals surface area contributed by atoms with E-state index in [-0.39, 0.29) is 40.6 Å². The summed E-state index contributed by atoms with van der Waals surface area (Å²) in [6.07, 6.45) is 2.51. The Bertz CT molecular complexity index is 1200. The van der Waals surface area contributed by atoms with Crippen LogP contribution in [0.15, 0.2) is 42.5 Å². The molecule has 2 aromatic carbocycles. The number of hydrogen-bond acceptors (Lipinski definition) is 3. The molecule has 1 spiro atoms. The molecule has 2 aliphatic heterocycles. The van der Waals surface area contributed by atoms with Crippen molar-refractivity contribution in [2.24, 2.45) is 5.92 Å². The van der Waals surface area contributed by atoms with E-state index in [1.54, 1.807) is 6.92 Å². The Kier molecular flexibility index (Phi) is 6.63. The molecule has 5 rings (SSSR count). The van der Waals surface area contributed by atoms with Gasteiger partial charge in [-0.25, -0.2) is 8.78 Å². The number of carbonyl (C=O) groups is 2. The Morgan fingerprint density at radius 2 is 1.70 bits per heavy atom. The molecule has 3 unspecified atom stereocenters. The number of nitrogens with zero attached hydrogens (tertiary/aromatic N) is 2. The fourth-order valence-corrected chi connectivity index (χ4v) is 6.85. The number of likely N-dealkylation sites (tertiary alicyclic amines) is 2. The first-order chi connectivity index (χ1) is 17.5. The highest BCUT2D eigenvalue weighted by Crippen LogP contribution is 2.51. The van der Waals surface area contributed by atoms with Crippen LogP contribution in [0.5, 0.6) is 0 Å². The van der Waals surface area contributed by atoms with Crippen LogP contribution in [-0.2, 0) is 15.0 Å². The van der Waals surface area contributed by atoms with Gasteiger partial charge in [-0.05, 0) is 62.8 Å². The molecule has 2 amide bonds. The molecule has 0 bridgehead atoms. The summed E-state index contributed by atoms with van der Waals surface area (Å²) in [6, 6.07) is 12.0. The van der Waals surface area contributed by atoms with E-state index in [9.17, 15) is 18.4 Å². The molecule has 37 heavy (non-hydrogen) atoms. The summed E-state index contributed by atoms with van der Waals surface area (Å²) in [5.41, 5.74) is 2.66. The molecular formula is C30H37F2N3O2. The zero-order chi connectivity index (χ0) is 26.5. The van der Waals surface area contributed by atoms with Crippen LogP contribution in [0.25, 0.3) is 0 Å². The maximum atomic E-state index is 14.9. The van der Waals surface area contributed by atoms with Crippen molar-refractivity contribution >= 4 is 11.8 Å². The van der Waals surface area contributed by atoms with E-state index in [2.05, 4.69) is 49.2 Å². The minimum Gasteiger partial charge on any atom is -0.349 e. The average Bonchev–Trinajstić information content (AvgIpc) is 3.40. The van der Waals surface area contributed by atoms with Crippen LogP contribution in [0.2, 0.25) is 0 Å². The lowest BCUT2D eigenvalue weighted by Crippen LogP contribution is -2.48. The molecular weight excluding hydrogens is 472 g/mol. The van der Waals surface area contributed by atoms with Crippen molar-refractivity contribution in [3.05, 3.63) is 70.8 Å². The fourth-order valence-electron chi connectivity index (χ4n) is 6.85. The van der Waals surface area contributed by atoms with Crippen LogP contribution in [-0.4, -0.2) is 53.3 Å². The second kappa shape index (κ2) is 9.50. The Labute approximate surface area is 218 Å². The van der Waals surface area contributed by atoms with Crippen molar-refractivity contribution in [3.63, 3.8) is 0 Å². The molecule has 0 aromatic heterocycles.